The first kappa shape index (κ1) is 21.5. The quantitative estimate of drug-likeness (QED) is 0.406. The highest BCUT2D eigenvalue weighted by Gasteiger charge is 2.21. The number of aryl methyl sites for hydroxylation is 1. The van der Waals surface area contributed by atoms with Crippen molar-refractivity contribution in [2.75, 3.05) is 5.32 Å². The molecule has 0 fully saturated rings. The van der Waals surface area contributed by atoms with Gasteiger partial charge in [-0.1, -0.05) is 17.7 Å². The van der Waals surface area contributed by atoms with Crippen LogP contribution in [0, 0.1) is 18.6 Å². The third kappa shape index (κ3) is 3.71. The number of rotatable bonds is 4. The number of anilines is 1. The molecule has 0 aliphatic heterocycles. The zero-order valence-corrected chi connectivity index (χ0v) is 18.1. The van der Waals surface area contributed by atoms with E-state index in [1.165, 1.54) is 16.9 Å². The molecule has 3 aromatic heterocycles. The first-order valence-electron chi connectivity index (χ1n) is 9.88. The lowest BCUT2D eigenvalue weighted by molar-refractivity contribution is 0.101. The number of hydrogen-bond donors (Lipinski definition) is 2. The van der Waals surface area contributed by atoms with Gasteiger partial charge in [0.15, 0.2) is 5.65 Å². The molecule has 2 N–H and O–H groups in total. The van der Waals surface area contributed by atoms with E-state index in [1.807, 2.05) is 0 Å². The average molecular weight is 482 g/mol. The number of nitrogens with one attached hydrogen (secondary N) is 2. The fourth-order valence-electron chi connectivity index (χ4n) is 3.42. The maximum atomic E-state index is 14.1. The molecule has 0 aliphatic carbocycles. The molecule has 0 unspecified atom stereocenters. The van der Waals surface area contributed by atoms with Crippen molar-refractivity contribution in [1.29, 1.82) is 0 Å². The Bertz CT molecular complexity index is 1600. The topological polar surface area (TPSA) is 110 Å². The van der Waals surface area contributed by atoms with E-state index in [4.69, 9.17) is 11.6 Å². The predicted octanol–water partition coefficient (Wildman–Crippen LogP) is 3.79. The number of carbonyl (C=O) groups is 1. The summed E-state index contributed by atoms with van der Waals surface area (Å²) in [6.45, 7) is 1.64. The highest BCUT2D eigenvalue weighted by Crippen LogP contribution is 2.21. The van der Waals surface area contributed by atoms with Crippen LogP contribution >= 0.6 is 11.6 Å². The number of aromatic amines is 1. The van der Waals surface area contributed by atoms with Crippen LogP contribution in [0.3, 0.4) is 0 Å². The molecule has 5 aromatic rings. The summed E-state index contributed by atoms with van der Waals surface area (Å²) >= 11 is 5.95. The highest BCUT2D eigenvalue weighted by atomic mass is 35.5. The van der Waals surface area contributed by atoms with Gasteiger partial charge in [-0.05, 0) is 43.3 Å². The summed E-state index contributed by atoms with van der Waals surface area (Å²) in [5.74, 6) is -3.04. The Morgan fingerprint density at radius 1 is 1.09 bits per heavy atom. The molecule has 0 spiro atoms. The van der Waals surface area contributed by atoms with E-state index in [9.17, 15) is 18.4 Å². The summed E-state index contributed by atoms with van der Waals surface area (Å²) in [5.41, 5.74) is 0.0602. The molecular formula is C22H14ClF2N7O2. The van der Waals surface area contributed by atoms with Gasteiger partial charge in [-0.3, -0.25) is 14.6 Å². The third-order valence-corrected chi connectivity index (χ3v) is 5.21. The van der Waals surface area contributed by atoms with Crippen LogP contribution in [0.15, 0.2) is 59.5 Å². The summed E-state index contributed by atoms with van der Waals surface area (Å²) < 4.78 is 30.7. The molecule has 3 heterocycles. The zero-order chi connectivity index (χ0) is 24.0. The van der Waals surface area contributed by atoms with Crippen LogP contribution in [0.5, 0.6) is 0 Å². The molecule has 34 heavy (non-hydrogen) atoms. The van der Waals surface area contributed by atoms with E-state index in [-0.39, 0.29) is 22.8 Å². The monoisotopic (exact) mass is 481 g/mol. The van der Waals surface area contributed by atoms with E-state index < -0.39 is 28.7 Å². The molecule has 1 amide bonds. The molecule has 0 radical (unpaired) electrons. The summed E-state index contributed by atoms with van der Waals surface area (Å²) in [7, 11) is 0. The largest absolute Gasteiger partial charge is 0.306 e. The van der Waals surface area contributed by atoms with Crippen LogP contribution in [0.2, 0.25) is 5.02 Å². The Balaban J connectivity index is 1.60. The molecule has 5 rings (SSSR count). The Morgan fingerprint density at radius 2 is 1.79 bits per heavy atom. The number of nitrogens with zero attached hydrogens (tertiary/aromatic N) is 5. The van der Waals surface area contributed by atoms with Gasteiger partial charge in [-0.15, -0.1) is 0 Å². The number of H-pyrrole nitrogens is 1. The molecule has 2 aromatic carbocycles. The SMILES string of the molecule is Cc1cc(NC(=O)c2c(F)cccc2F)n(-c2nc3c(cnn3-c3ccc(Cl)cc3)c(=O)[nH]2)n1. The van der Waals surface area contributed by atoms with Gasteiger partial charge in [0.1, 0.15) is 28.4 Å². The maximum absolute atomic E-state index is 14.1. The van der Waals surface area contributed by atoms with Crippen molar-refractivity contribution in [3.05, 3.63) is 93.0 Å². The Morgan fingerprint density at radius 3 is 2.50 bits per heavy atom. The minimum atomic E-state index is -1.02. The van der Waals surface area contributed by atoms with Gasteiger partial charge in [0.25, 0.3) is 11.5 Å². The number of aromatic nitrogens is 6. The number of amides is 1. The van der Waals surface area contributed by atoms with E-state index in [0.29, 0.717) is 16.4 Å². The van der Waals surface area contributed by atoms with Crippen LogP contribution in [-0.2, 0) is 0 Å². The lowest BCUT2D eigenvalue weighted by Crippen LogP contribution is -2.20. The summed E-state index contributed by atoms with van der Waals surface area (Å²) in [6, 6.07) is 11.3. The maximum Gasteiger partial charge on any atom is 0.263 e. The summed E-state index contributed by atoms with van der Waals surface area (Å²) in [6.07, 6.45) is 1.37. The van der Waals surface area contributed by atoms with Crippen molar-refractivity contribution in [3.8, 4) is 11.6 Å². The van der Waals surface area contributed by atoms with Gasteiger partial charge in [0.05, 0.1) is 17.6 Å². The third-order valence-electron chi connectivity index (χ3n) is 4.96. The highest BCUT2D eigenvalue weighted by molar-refractivity contribution is 6.30. The van der Waals surface area contributed by atoms with E-state index in [0.717, 1.165) is 22.9 Å². The predicted molar refractivity (Wildman–Crippen MR) is 121 cm³/mol. The Labute approximate surface area is 194 Å². The molecule has 9 nitrogen and oxygen atoms in total. The molecule has 0 aliphatic rings. The van der Waals surface area contributed by atoms with Crippen molar-refractivity contribution in [2.24, 2.45) is 0 Å². The second-order valence-corrected chi connectivity index (χ2v) is 7.73. The van der Waals surface area contributed by atoms with Gasteiger partial charge in [0.2, 0.25) is 5.95 Å². The van der Waals surface area contributed by atoms with Crippen molar-refractivity contribution in [1.82, 2.24) is 29.5 Å². The number of hydrogen-bond acceptors (Lipinski definition) is 5. The van der Waals surface area contributed by atoms with Gasteiger partial charge in [-0.25, -0.2) is 13.5 Å². The molecule has 12 heteroatoms. The van der Waals surface area contributed by atoms with Gasteiger partial charge in [0, 0.05) is 11.1 Å². The lowest BCUT2D eigenvalue weighted by atomic mass is 10.2. The molecule has 0 atom stereocenters. The first-order chi connectivity index (χ1) is 16.3. The van der Waals surface area contributed by atoms with Crippen LogP contribution in [0.1, 0.15) is 16.1 Å². The smallest absolute Gasteiger partial charge is 0.263 e. The number of carbonyl (C=O) groups excluding carboxylic acids is 1. The molecular weight excluding hydrogens is 468 g/mol. The molecule has 0 saturated carbocycles. The van der Waals surface area contributed by atoms with Crippen molar-refractivity contribution < 1.29 is 13.6 Å². The van der Waals surface area contributed by atoms with Crippen LogP contribution in [0.4, 0.5) is 14.6 Å². The minimum absolute atomic E-state index is 0.0365. The van der Waals surface area contributed by atoms with E-state index in [2.05, 4.69) is 25.5 Å². The second kappa shape index (κ2) is 8.19. The Kier molecular flexibility index (Phi) is 5.17. The first-order valence-corrected chi connectivity index (χ1v) is 10.3. The van der Waals surface area contributed by atoms with Gasteiger partial charge >= 0.3 is 0 Å². The number of benzene rings is 2. The molecule has 170 valence electrons. The minimum Gasteiger partial charge on any atom is -0.306 e. The van der Waals surface area contributed by atoms with Crippen LogP contribution < -0.4 is 10.9 Å². The zero-order valence-electron chi connectivity index (χ0n) is 17.4. The van der Waals surface area contributed by atoms with Gasteiger partial charge < -0.3 is 5.32 Å². The lowest BCUT2D eigenvalue weighted by Gasteiger charge is -2.10. The van der Waals surface area contributed by atoms with Gasteiger partial charge in [-0.2, -0.15) is 19.9 Å². The standard InChI is InChI=1S/C22H14ClF2N7O2/c1-11-9-17(27-21(34)18-15(24)3-2-4-16(18)25)32(30-11)22-28-19-14(20(33)29-22)10-26-31(19)13-7-5-12(23)6-8-13/h2-10H,1H3,(H,27,34)(H,28,29,33). The second-order valence-electron chi connectivity index (χ2n) is 7.29. The summed E-state index contributed by atoms with van der Waals surface area (Å²) in [4.78, 5) is 32.4. The van der Waals surface area contributed by atoms with E-state index >= 15 is 0 Å². The molecule has 0 bridgehead atoms. The normalized spacial score (nSPS) is 11.2. The Hall–Kier alpha value is -4.38. The van der Waals surface area contributed by atoms with E-state index in [1.54, 1.807) is 31.2 Å². The molecule has 0 saturated heterocycles. The number of fused-ring (bicyclic) bond motifs is 1. The summed E-state index contributed by atoms with van der Waals surface area (Å²) in [5, 5.41) is 11.7. The average Bonchev–Trinajstić information content (AvgIpc) is 3.38. The van der Waals surface area contributed by atoms with Crippen LogP contribution in [0.25, 0.3) is 22.7 Å². The van der Waals surface area contributed by atoms with Crippen molar-refractivity contribution >= 4 is 34.4 Å². The fourth-order valence-corrected chi connectivity index (χ4v) is 3.55. The van der Waals surface area contributed by atoms with Crippen LogP contribution in [-0.4, -0.2) is 35.4 Å². The fraction of sp³-hybridized carbons (Fsp3) is 0.0455. The van der Waals surface area contributed by atoms with Crippen molar-refractivity contribution in [3.63, 3.8) is 0 Å². The van der Waals surface area contributed by atoms with Crippen molar-refractivity contribution in [2.45, 2.75) is 6.92 Å². The number of halogens is 3.